The minimum absolute atomic E-state index is 0.189. The predicted molar refractivity (Wildman–Crippen MR) is 130 cm³/mol. The molecule has 1 amide bonds. The Bertz CT molecular complexity index is 1410. The SMILES string of the molecule is COC(=O)CCc1c(C)nn(-c2ccc(C(=O)NCCCn3nc4ccccn4c3=O)cc2)c1C. The van der Waals surface area contributed by atoms with E-state index >= 15 is 0 Å². The number of aryl methyl sites for hydroxylation is 2. The molecule has 3 heterocycles. The molecule has 0 unspecified atom stereocenters. The Morgan fingerprint density at radius 2 is 1.83 bits per heavy atom. The molecule has 0 aliphatic heterocycles. The van der Waals surface area contributed by atoms with Gasteiger partial charge in [0.15, 0.2) is 5.65 Å². The van der Waals surface area contributed by atoms with Gasteiger partial charge in [0.05, 0.1) is 18.5 Å². The molecule has 10 nitrogen and oxygen atoms in total. The predicted octanol–water partition coefficient (Wildman–Crippen LogP) is 2.22. The first-order valence-corrected chi connectivity index (χ1v) is 11.4. The molecule has 1 N–H and O–H groups in total. The standard InChI is InChI=1S/C25H28N6O4/c1-17-21(12-13-23(32)35-3)18(2)31(27-17)20-10-8-19(9-11-20)24(33)26-14-6-16-30-25(34)29-15-5-4-7-22(29)28-30/h4-5,7-11,15H,6,12-14,16H2,1-3H3,(H,26,33). The highest BCUT2D eigenvalue weighted by molar-refractivity contribution is 5.94. The third-order valence-corrected chi connectivity index (χ3v) is 5.94. The number of amides is 1. The van der Waals surface area contributed by atoms with Gasteiger partial charge in [0, 0.05) is 37.0 Å². The Balaban J connectivity index is 1.34. The molecular weight excluding hydrogens is 448 g/mol. The first-order valence-electron chi connectivity index (χ1n) is 11.4. The van der Waals surface area contributed by atoms with Crippen molar-refractivity contribution in [1.82, 2.24) is 29.3 Å². The van der Waals surface area contributed by atoms with Crippen molar-refractivity contribution in [2.24, 2.45) is 0 Å². The van der Waals surface area contributed by atoms with E-state index in [1.165, 1.54) is 16.2 Å². The monoisotopic (exact) mass is 476 g/mol. The highest BCUT2D eigenvalue weighted by atomic mass is 16.5. The van der Waals surface area contributed by atoms with Crippen molar-refractivity contribution in [3.8, 4) is 5.69 Å². The summed E-state index contributed by atoms with van der Waals surface area (Å²) in [6.07, 6.45) is 3.12. The minimum Gasteiger partial charge on any atom is -0.469 e. The van der Waals surface area contributed by atoms with E-state index in [-0.39, 0.29) is 17.6 Å². The van der Waals surface area contributed by atoms with Gasteiger partial charge in [-0.1, -0.05) is 6.07 Å². The summed E-state index contributed by atoms with van der Waals surface area (Å²) >= 11 is 0. The van der Waals surface area contributed by atoms with E-state index in [2.05, 4.69) is 15.5 Å². The Hall–Kier alpha value is -4.21. The van der Waals surface area contributed by atoms with Crippen molar-refractivity contribution >= 4 is 17.5 Å². The number of fused-ring (bicyclic) bond motifs is 1. The number of aromatic nitrogens is 5. The number of nitrogens with one attached hydrogen (secondary N) is 1. The van der Waals surface area contributed by atoms with E-state index < -0.39 is 0 Å². The van der Waals surface area contributed by atoms with Crippen molar-refractivity contribution in [3.05, 3.63) is 81.7 Å². The van der Waals surface area contributed by atoms with Gasteiger partial charge in [-0.25, -0.2) is 14.2 Å². The second-order valence-electron chi connectivity index (χ2n) is 8.23. The number of benzene rings is 1. The third-order valence-electron chi connectivity index (χ3n) is 5.94. The molecule has 0 aliphatic carbocycles. The number of pyridine rings is 1. The number of carbonyl (C=O) groups is 2. The van der Waals surface area contributed by atoms with Crippen LogP contribution in [0.15, 0.2) is 53.5 Å². The lowest BCUT2D eigenvalue weighted by Crippen LogP contribution is -2.27. The quantitative estimate of drug-likeness (QED) is 0.293. The average Bonchev–Trinajstić information content (AvgIpc) is 3.35. The van der Waals surface area contributed by atoms with Crippen LogP contribution in [-0.4, -0.2) is 49.5 Å². The Morgan fingerprint density at radius 3 is 2.54 bits per heavy atom. The zero-order valence-corrected chi connectivity index (χ0v) is 20.0. The lowest BCUT2D eigenvalue weighted by Gasteiger charge is -2.08. The van der Waals surface area contributed by atoms with E-state index in [0.29, 0.717) is 43.6 Å². The van der Waals surface area contributed by atoms with Gasteiger partial charge in [0.25, 0.3) is 5.91 Å². The lowest BCUT2D eigenvalue weighted by atomic mass is 10.1. The maximum atomic E-state index is 12.5. The van der Waals surface area contributed by atoms with E-state index in [9.17, 15) is 14.4 Å². The molecule has 35 heavy (non-hydrogen) atoms. The summed E-state index contributed by atoms with van der Waals surface area (Å²) in [4.78, 5) is 36.3. The van der Waals surface area contributed by atoms with E-state index in [1.54, 1.807) is 30.5 Å². The van der Waals surface area contributed by atoms with Crippen LogP contribution >= 0.6 is 0 Å². The van der Waals surface area contributed by atoms with Crippen LogP contribution in [-0.2, 0) is 22.5 Å². The van der Waals surface area contributed by atoms with Gasteiger partial charge in [-0.2, -0.15) is 5.10 Å². The number of carbonyl (C=O) groups excluding carboxylic acids is 2. The summed E-state index contributed by atoms with van der Waals surface area (Å²) in [6.45, 7) is 4.71. The number of hydrogen-bond acceptors (Lipinski definition) is 6. The number of ether oxygens (including phenoxy) is 1. The molecule has 4 rings (SSSR count). The topological polar surface area (TPSA) is 113 Å². The molecule has 0 spiro atoms. The van der Waals surface area contributed by atoms with E-state index in [4.69, 9.17) is 4.74 Å². The molecule has 0 radical (unpaired) electrons. The number of nitrogens with zero attached hydrogens (tertiary/aromatic N) is 5. The summed E-state index contributed by atoms with van der Waals surface area (Å²) in [7, 11) is 1.38. The van der Waals surface area contributed by atoms with Crippen LogP contribution in [0, 0.1) is 13.8 Å². The van der Waals surface area contributed by atoms with Crippen LogP contribution in [0.5, 0.6) is 0 Å². The largest absolute Gasteiger partial charge is 0.469 e. The Labute approximate surface area is 202 Å². The van der Waals surface area contributed by atoms with Gasteiger partial charge in [0.1, 0.15) is 0 Å². The first-order chi connectivity index (χ1) is 16.9. The molecule has 0 saturated carbocycles. The minimum atomic E-state index is -0.252. The van der Waals surface area contributed by atoms with Crippen molar-refractivity contribution in [1.29, 1.82) is 0 Å². The maximum absolute atomic E-state index is 12.5. The molecule has 0 aliphatic rings. The Morgan fingerprint density at radius 1 is 1.06 bits per heavy atom. The molecular formula is C25H28N6O4. The summed E-state index contributed by atoms with van der Waals surface area (Å²) in [5.41, 5.74) is 4.59. The number of esters is 1. The maximum Gasteiger partial charge on any atom is 0.350 e. The lowest BCUT2D eigenvalue weighted by molar-refractivity contribution is -0.140. The normalized spacial score (nSPS) is 11.1. The number of methoxy groups -OCH3 is 1. The van der Waals surface area contributed by atoms with Crippen molar-refractivity contribution in [2.75, 3.05) is 13.7 Å². The van der Waals surface area contributed by atoms with Gasteiger partial charge >= 0.3 is 11.7 Å². The van der Waals surface area contributed by atoms with Gasteiger partial charge in [-0.05, 0) is 68.7 Å². The van der Waals surface area contributed by atoms with Crippen LogP contribution in [0.1, 0.15) is 40.2 Å². The van der Waals surface area contributed by atoms with Gasteiger partial charge in [-0.3, -0.25) is 14.0 Å². The zero-order chi connectivity index (χ0) is 24.9. The average molecular weight is 477 g/mol. The Kier molecular flexibility index (Phi) is 7.09. The van der Waals surface area contributed by atoms with E-state index in [1.807, 2.05) is 36.7 Å². The molecule has 0 fully saturated rings. The second-order valence-corrected chi connectivity index (χ2v) is 8.23. The molecule has 0 saturated heterocycles. The highest BCUT2D eigenvalue weighted by Gasteiger charge is 2.15. The van der Waals surface area contributed by atoms with Crippen LogP contribution in [0.4, 0.5) is 0 Å². The van der Waals surface area contributed by atoms with Gasteiger partial charge in [-0.15, -0.1) is 5.10 Å². The fraction of sp³-hybridized carbons (Fsp3) is 0.320. The summed E-state index contributed by atoms with van der Waals surface area (Å²) in [5.74, 6) is -0.441. The van der Waals surface area contributed by atoms with Gasteiger partial charge in [0.2, 0.25) is 0 Å². The first kappa shape index (κ1) is 23.9. The summed E-state index contributed by atoms with van der Waals surface area (Å²) < 4.78 is 9.44. The fourth-order valence-electron chi connectivity index (χ4n) is 4.02. The molecule has 3 aromatic heterocycles. The highest BCUT2D eigenvalue weighted by Crippen LogP contribution is 2.20. The summed E-state index contributed by atoms with van der Waals surface area (Å²) in [6, 6.07) is 12.6. The fourth-order valence-corrected chi connectivity index (χ4v) is 4.02. The smallest absolute Gasteiger partial charge is 0.350 e. The third kappa shape index (κ3) is 5.16. The van der Waals surface area contributed by atoms with Crippen molar-refractivity contribution < 1.29 is 14.3 Å². The van der Waals surface area contributed by atoms with Crippen molar-refractivity contribution in [2.45, 2.75) is 39.7 Å². The molecule has 0 atom stereocenters. The van der Waals surface area contributed by atoms with Gasteiger partial charge < -0.3 is 10.1 Å². The van der Waals surface area contributed by atoms with Crippen LogP contribution < -0.4 is 11.0 Å². The van der Waals surface area contributed by atoms with Crippen LogP contribution in [0.25, 0.3) is 11.3 Å². The molecule has 1 aromatic carbocycles. The number of hydrogen-bond donors (Lipinski definition) is 1. The second kappa shape index (κ2) is 10.4. The number of rotatable bonds is 9. The summed E-state index contributed by atoms with van der Waals surface area (Å²) in [5, 5.41) is 11.8. The molecule has 0 bridgehead atoms. The molecule has 10 heteroatoms. The van der Waals surface area contributed by atoms with E-state index in [0.717, 1.165) is 22.6 Å². The van der Waals surface area contributed by atoms with Crippen molar-refractivity contribution in [3.63, 3.8) is 0 Å². The molecule has 182 valence electrons. The van der Waals surface area contributed by atoms with Crippen LogP contribution in [0.2, 0.25) is 0 Å². The van der Waals surface area contributed by atoms with Crippen LogP contribution in [0.3, 0.4) is 0 Å². The zero-order valence-electron chi connectivity index (χ0n) is 20.0. The molecule has 4 aromatic rings.